The molecule has 3 rings (SSSR count). The molecule has 0 spiro atoms. The second-order valence-electron chi connectivity index (χ2n) is 5.87. The van der Waals surface area contributed by atoms with Crippen molar-refractivity contribution in [3.63, 3.8) is 0 Å². The largest absolute Gasteiger partial charge is 0.374 e. The van der Waals surface area contributed by atoms with E-state index < -0.39 is 0 Å². The number of pyridine rings is 1. The Labute approximate surface area is 125 Å². The van der Waals surface area contributed by atoms with Crippen LogP contribution >= 0.6 is 0 Å². The SMILES string of the molecule is CCNCc1cc(F)cnc1N1CCOC2CCCCC21. The second-order valence-corrected chi connectivity index (χ2v) is 5.87. The van der Waals surface area contributed by atoms with Gasteiger partial charge in [-0.25, -0.2) is 9.37 Å². The van der Waals surface area contributed by atoms with Crippen LogP contribution in [0.15, 0.2) is 12.3 Å². The fraction of sp³-hybridized carbons (Fsp3) is 0.688. The van der Waals surface area contributed by atoms with E-state index in [1.54, 1.807) is 6.07 Å². The Bertz CT molecular complexity index is 481. The average molecular weight is 293 g/mol. The molecule has 5 heteroatoms. The van der Waals surface area contributed by atoms with Crippen LogP contribution in [0.1, 0.15) is 38.2 Å². The molecule has 0 bridgehead atoms. The predicted molar refractivity (Wildman–Crippen MR) is 80.9 cm³/mol. The van der Waals surface area contributed by atoms with Crippen molar-refractivity contribution >= 4 is 5.82 Å². The molecule has 2 fully saturated rings. The summed E-state index contributed by atoms with van der Waals surface area (Å²) in [6.45, 7) is 5.16. The molecule has 1 aliphatic carbocycles. The summed E-state index contributed by atoms with van der Waals surface area (Å²) in [5, 5.41) is 3.28. The van der Waals surface area contributed by atoms with Crippen LogP contribution in [0.2, 0.25) is 0 Å². The van der Waals surface area contributed by atoms with E-state index in [1.165, 1.54) is 19.0 Å². The number of fused-ring (bicyclic) bond motifs is 1. The molecule has 2 aliphatic rings. The van der Waals surface area contributed by atoms with Crippen LogP contribution in [0.5, 0.6) is 0 Å². The molecule has 1 aromatic heterocycles. The lowest BCUT2D eigenvalue weighted by Gasteiger charge is -2.45. The smallest absolute Gasteiger partial charge is 0.141 e. The molecular formula is C16H24FN3O. The summed E-state index contributed by atoms with van der Waals surface area (Å²) < 4.78 is 19.5. The highest BCUT2D eigenvalue weighted by atomic mass is 19.1. The molecule has 2 unspecified atom stereocenters. The second kappa shape index (κ2) is 6.71. The Morgan fingerprint density at radius 1 is 1.43 bits per heavy atom. The summed E-state index contributed by atoms with van der Waals surface area (Å²) in [6.07, 6.45) is 6.40. The van der Waals surface area contributed by atoms with Gasteiger partial charge in [0.25, 0.3) is 0 Å². The third-order valence-corrected chi connectivity index (χ3v) is 4.48. The molecule has 2 atom stereocenters. The highest BCUT2D eigenvalue weighted by Gasteiger charge is 2.35. The molecular weight excluding hydrogens is 269 g/mol. The van der Waals surface area contributed by atoms with Crippen molar-refractivity contribution < 1.29 is 9.13 Å². The maximum Gasteiger partial charge on any atom is 0.141 e. The first kappa shape index (κ1) is 14.7. The van der Waals surface area contributed by atoms with Gasteiger partial charge in [-0.15, -0.1) is 0 Å². The molecule has 0 aromatic carbocycles. The van der Waals surface area contributed by atoms with Gasteiger partial charge in [0.05, 0.1) is 24.9 Å². The van der Waals surface area contributed by atoms with E-state index in [1.807, 2.05) is 0 Å². The summed E-state index contributed by atoms with van der Waals surface area (Å²) in [4.78, 5) is 6.75. The summed E-state index contributed by atoms with van der Waals surface area (Å²) in [6, 6.07) is 2.00. The number of ether oxygens (including phenoxy) is 1. The number of aromatic nitrogens is 1. The fourth-order valence-electron chi connectivity index (χ4n) is 3.48. The summed E-state index contributed by atoms with van der Waals surface area (Å²) >= 11 is 0. The van der Waals surface area contributed by atoms with Crippen molar-refractivity contribution in [1.82, 2.24) is 10.3 Å². The molecule has 1 N–H and O–H groups in total. The number of nitrogens with one attached hydrogen (secondary N) is 1. The van der Waals surface area contributed by atoms with Gasteiger partial charge in [-0.2, -0.15) is 0 Å². The first-order chi connectivity index (χ1) is 10.3. The van der Waals surface area contributed by atoms with Gasteiger partial charge >= 0.3 is 0 Å². The third kappa shape index (κ3) is 3.19. The predicted octanol–water partition coefficient (Wildman–Crippen LogP) is 2.48. The van der Waals surface area contributed by atoms with E-state index in [9.17, 15) is 4.39 Å². The molecule has 0 amide bonds. The number of halogens is 1. The lowest BCUT2D eigenvalue weighted by Crippen LogP contribution is -2.53. The number of hydrogen-bond acceptors (Lipinski definition) is 4. The normalized spacial score (nSPS) is 25.7. The van der Waals surface area contributed by atoms with Crippen LogP contribution in [0.25, 0.3) is 0 Å². The highest BCUT2D eigenvalue weighted by molar-refractivity contribution is 5.48. The summed E-state index contributed by atoms with van der Waals surface area (Å²) in [5.74, 6) is 0.664. The molecule has 1 aromatic rings. The fourth-order valence-corrected chi connectivity index (χ4v) is 3.48. The topological polar surface area (TPSA) is 37.4 Å². The Hall–Kier alpha value is -1.20. The first-order valence-electron chi connectivity index (χ1n) is 8.03. The number of rotatable bonds is 4. The minimum atomic E-state index is -0.264. The Morgan fingerprint density at radius 2 is 2.29 bits per heavy atom. The Balaban J connectivity index is 1.87. The molecule has 0 radical (unpaired) electrons. The van der Waals surface area contributed by atoms with E-state index >= 15 is 0 Å². The zero-order valence-electron chi connectivity index (χ0n) is 12.6. The molecule has 1 saturated carbocycles. The molecule has 1 aliphatic heterocycles. The van der Waals surface area contributed by atoms with Gasteiger partial charge in [0.15, 0.2) is 0 Å². The van der Waals surface area contributed by atoms with Gasteiger partial charge in [0.1, 0.15) is 11.6 Å². The van der Waals surface area contributed by atoms with Crippen molar-refractivity contribution in [1.29, 1.82) is 0 Å². The minimum absolute atomic E-state index is 0.264. The third-order valence-electron chi connectivity index (χ3n) is 4.48. The van der Waals surface area contributed by atoms with E-state index in [4.69, 9.17) is 4.74 Å². The van der Waals surface area contributed by atoms with Crippen LogP contribution in [0, 0.1) is 5.82 Å². The quantitative estimate of drug-likeness (QED) is 0.925. The summed E-state index contributed by atoms with van der Waals surface area (Å²) in [5.41, 5.74) is 0.947. The zero-order chi connectivity index (χ0) is 14.7. The highest BCUT2D eigenvalue weighted by Crippen LogP contribution is 2.32. The summed E-state index contributed by atoms with van der Waals surface area (Å²) in [7, 11) is 0. The van der Waals surface area contributed by atoms with Crippen LogP contribution in [-0.4, -0.2) is 36.8 Å². The van der Waals surface area contributed by atoms with Gasteiger partial charge in [-0.1, -0.05) is 19.8 Å². The Morgan fingerprint density at radius 3 is 3.14 bits per heavy atom. The number of morpholine rings is 1. The number of anilines is 1. The van der Waals surface area contributed by atoms with Crippen molar-refractivity contribution in [2.45, 2.75) is 51.3 Å². The number of hydrogen-bond donors (Lipinski definition) is 1. The van der Waals surface area contributed by atoms with Crippen molar-refractivity contribution in [2.75, 3.05) is 24.6 Å². The minimum Gasteiger partial charge on any atom is -0.374 e. The van der Waals surface area contributed by atoms with E-state index in [0.717, 1.165) is 43.9 Å². The van der Waals surface area contributed by atoms with Crippen LogP contribution in [0.4, 0.5) is 10.2 Å². The molecule has 4 nitrogen and oxygen atoms in total. The van der Waals surface area contributed by atoms with Crippen LogP contribution in [0.3, 0.4) is 0 Å². The van der Waals surface area contributed by atoms with Crippen molar-refractivity contribution in [2.24, 2.45) is 0 Å². The van der Waals surface area contributed by atoms with Crippen molar-refractivity contribution in [3.8, 4) is 0 Å². The monoisotopic (exact) mass is 293 g/mol. The molecule has 116 valence electrons. The average Bonchev–Trinajstić information content (AvgIpc) is 2.52. The first-order valence-corrected chi connectivity index (χ1v) is 8.03. The maximum absolute atomic E-state index is 13.5. The molecule has 21 heavy (non-hydrogen) atoms. The van der Waals surface area contributed by atoms with Gasteiger partial charge in [-0.3, -0.25) is 0 Å². The number of nitrogens with zero attached hydrogens (tertiary/aromatic N) is 2. The van der Waals surface area contributed by atoms with Gasteiger partial charge in [0, 0.05) is 18.7 Å². The van der Waals surface area contributed by atoms with Gasteiger partial charge in [0.2, 0.25) is 0 Å². The van der Waals surface area contributed by atoms with Gasteiger partial charge in [-0.05, 0) is 25.5 Å². The lowest BCUT2D eigenvalue weighted by molar-refractivity contribution is -0.00906. The van der Waals surface area contributed by atoms with Crippen LogP contribution < -0.4 is 10.2 Å². The van der Waals surface area contributed by atoms with Crippen LogP contribution in [-0.2, 0) is 11.3 Å². The van der Waals surface area contributed by atoms with E-state index in [0.29, 0.717) is 18.7 Å². The molecule has 2 heterocycles. The maximum atomic E-state index is 13.5. The van der Waals surface area contributed by atoms with E-state index in [2.05, 4.69) is 22.1 Å². The Kier molecular flexibility index (Phi) is 4.70. The van der Waals surface area contributed by atoms with Crippen molar-refractivity contribution in [3.05, 3.63) is 23.6 Å². The van der Waals surface area contributed by atoms with Gasteiger partial charge < -0.3 is 15.0 Å². The standard InChI is InChI=1S/C16H24FN3O/c1-2-18-10-12-9-13(17)11-19-16(12)20-7-8-21-15-6-4-3-5-14(15)20/h9,11,14-15,18H,2-8,10H2,1H3. The van der Waals surface area contributed by atoms with E-state index in [-0.39, 0.29) is 5.82 Å². The lowest BCUT2D eigenvalue weighted by atomic mass is 9.90. The zero-order valence-corrected chi connectivity index (χ0v) is 12.6. The molecule has 1 saturated heterocycles.